The normalized spacial score (nSPS) is 9.62. The van der Waals surface area contributed by atoms with E-state index in [1.165, 1.54) is 12.1 Å². The second kappa shape index (κ2) is 4.39. The Kier molecular flexibility index (Phi) is 3.19. The van der Waals surface area contributed by atoms with E-state index < -0.39 is 11.6 Å². The van der Waals surface area contributed by atoms with Crippen LogP contribution in [0.15, 0.2) is 24.3 Å². The molecule has 0 fully saturated rings. The molecule has 0 aromatic heterocycles. The van der Waals surface area contributed by atoms with Crippen molar-refractivity contribution in [2.75, 3.05) is 18.5 Å². The second-order valence-electron chi connectivity index (χ2n) is 2.42. The van der Waals surface area contributed by atoms with Crippen molar-refractivity contribution in [1.82, 2.24) is 0 Å². The quantitative estimate of drug-likeness (QED) is 0.575. The molecule has 0 bridgehead atoms. The molecule has 0 spiro atoms. The molecule has 4 nitrogen and oxygen atoms in total. The summed E-state index contributed by atoms with van der Waals surface area (Å²) in [6.07, 6.45) is 0. The molecule has 70 valence electrons. The molecule has 1 rings (SSSR count). The average molecular weight is 184 g/mol. The first-order valence-electron chi connectivity index (χ1n) is 3.78. The van der Waals surface area contributed by atoms with E-state index in [0.717, 1.165) is 0 Å². The molecule has 13 heavy (non-hydrogen) atoms. The third-order valence-corrected chi connectivity index (χ3v) is 1.50. The molecule has 0 aliphatic carbocycles. The zero-order valence-corrected chi connectivity index (χ0v) is 6.87. The van der Waals surface area contributed by atoms with Crippen molar-refractivity contribution in [3.63, 3.8) is 0 Å². The Morgan fingerprint density at radius 2 is 2.00 bits per heavy atom. The first-order valence-corrected chi connectivity index (χ1v) is 3.78. The Labute approximate surface area is 74.5 Å². The minimum absolute atomic E-state index is 0.0331. The summed E-state index contributed by atoms with van der Waals surface area (Å²) in [6, 6.07) is 5.85. The van der Waals surface area contributed by atoms with Crippen LogP contribution in [0.1, 0.15) is 0 Å². The summed E-state index contributed by atoms with van der Waals surface area (Å²) in [7, 11) is 0. The van der Waals surface area contributed by atoms with Crippen molar-refractivity contribution >= 4 is 11.4 Å². The van der Waals surface area contributed by atoms with Crippen LogP contribution in [0.4, 0.5) is 15.8 Å². The highest BCUT2D eigenvalue weighted by Crippen LogP contribution is 2.14. The fourth-order valence-corrected chi connectivity index (χ4v) is 0.893. The molecule has 0 saturated carbocycles. The molecule has 0 heterocycles. The highest BCUT2D eigenvalue weighted by molar-refractivity contribution is 5.48. The standard InChI is InChI=1S/C8H9FN2O2/c9-5-6-10-7-1-3-8(4-2-7)11(12)13/h1-4,10H,5-6H2. The van der Waals surface area contributed by atoms with Gasteiger partial charge in [-0.05, 0) is 12.1 Å². The summed E-state index contributed by atoms with van der Waals surface area (Å²) in [5.74, 6) is 0. The molecule has 0 amide bonds. The van der Waals surface area contributed by atoms with Crippen molar-refractivity contribution in [2.45, 2.75) is 0 Å². The molecule has 1 aromatic carbocycles. The number of nitrogens with zero attached hydrogens (tertiary/aromatic N) is 1. The highest BCUT2D eigenvalue weighted by atomic mass is 19.1. The predicted octanol–water partition coefficient (Wildman–Crippen LogP) is 1.98. The topological polar surface area (TPSA) is 55.2 Å². The summed E-state index contributed by atoms with van der Waals surface area (Å²) in [5, 5.41) is 13.0. The lowest BCUT2D eigenvalue weighted by Crippen LogP contribution is -2.02. The van der Waals surface area contributed by atoms with Crippen LogP contribution in [-0.4, -0.2) is 18.1 Å². The van der Waals surface area contributed by atoms with E-state index >= 15 is 0 Å². The zero-order valence-electron chi connectivity index (χ0n) is 6.87. The van der Waals surface area contributed by atoms with Gasteiger partial charge in [0.2, 0.25) is 0 Å². The molecule has 0 saturated heterocycles. The summed E-state index contributed by atoms with van der Waals surface area (Å²) in [4.78, 5) is 9.78. The van der Waals surface area contributed by atoms with Gasteiger partial charge in [0.1, 0.15) is 6.67 Å². The first-order chi connectivity index (χ1) is 6.24. The third-order valence-electron chi connectivity index (χ3n) is 1.50. The van der Waals surface area contributed by atoms with Crippen LogP contribution in [0.25, 0.3) is 0 Å². The van der Waals surface area contributed by atoms with Gasteiger partial charge in [-0.3, -0.25) is 10.1 Å². The molecule has 0 unspecified atom stereocenters. The van der Waals surface area contributed by atoms with Gasteiger partial charge in [0.25, 0.3) is 5.69 Å². The number of non-ortho nitro benzene ring substituents is 1. The molecule has 5 heteroatoms. The van der Waals surface area contributed by atoms with E-state index in [4.69, 9.17) is 0 Å². The van der Waals surface area contributed by atoms with Crippen LogP contribution < -0.4 is 5.32 Å². The minimum Gasteiger partial charge on any atom is -0.382 e. The molecular formula is C8H9FN2O2. The Hall–Kier alpha value is -1.65. The lowest BCUT2D eigenvalue weighted by atomic mass is 10.3. The Balaban J connectivity index is 2.64. The van der Waals surface area contributed by atoms with E-state index in [0.29, 0.717) is 5.69 Å². The van der Waals surface area contributed by atoms with Gasteiger partial charge in [0, 0.05) is 24.4 Å². The summed E-state index contributed by atoms with van der Waals surface area (Å²) in [5.41, 5.74) is 0.717. The fourth-order valence-electron chi connectivity index (χ4n) is 0.893. The number of alkyl halides is 1. The van der Waals surface area contributed by atoms with Gasteiger partial charge in [0.05, 0.1) is 4.92 Å². The summed E-state index contributed by atoms with van der Waals surface area (Å²) in [6.45, 7) is -0.241. The van der Waals surface area contributed by atoms with Gasteiger partial charge in [-0.1, -0.05) is 0 Å². The molecule has 1 aromatic rings. The van der Waals surface area contributed by atoms with E-state index in [9.17, 15) is 14.5 Å². The maximum atomic E-state index is 11.7. The number of nitro groups is 1. The smallest absolute Gasteiger partial charge is 0.269 e. The van der Waals surface area contributed by atoms with Gasteiger partial charge in [-0.15, -0.1) is 0 Å². The number of halogens is 1. The molecule has 0 aliphatic heterocycles. The average Bonchev–Trinajstić information content (AvgIpc) is 2.15. The Morgan fingerprint density at radius 3 is 2.46 bits per heavy atom. The molecule has 0 aliphatic rings. The van der Waals surface area contributed by atoms with E-state index in [1.807, 2.05) is 0 Å². The lowest BCUT2D eigenvalue weighted by molar-refractivity contribution is -0.384. The summed E-state index contributed by atoms with van der Waals surface area (Å²) < 4.78 is 11.7. The van der Waals surface area contributed by atoms with Crippen LogP contribution in [0, 0.1) is 10.1 Å². The number of anilines is 1. The van der Waals surface area contributed by atoms with Gasteiger partial charge >= 0.3 is 0 Å². The maximum absolute atomic E-state index is 11.7. The number of rotatable bonds is 4. The minimum atomic E-state index is -0.473. The number of nitro benzene ring substituents is 1. The van der Waals surface area contributed by atoms with E-state index in [1.54, 1.807) is 12.1 Å². The second-order valence-corrected chi connectivity index (χ2v) is 2.42. The van der Waals surface area contributed by atoms with Crippen molar-refractivity contribution in [3.8, 4) is 0 Å². The Bertz CT molecular complexity index is 287. The predicted molar refractivity (Wildman–Crippen MR) is 47.6 cm³/mol. The maximum Gasteiger partial charge on any atom is 0.269 e. The number of nitrogens with one attached hydrogen (secondary N) is 1. The molecule has 0 radical (unpaired) electrons. The lowest BCUT2D eigenvalue weighted by Gasteiger charge is -2.01. The Morgan fingerprint density at radius 1 is 1.38 bits per heavy atom. The van der Waals surface area contributed by atoms with Crippen LogP contribution in [0.3, 0.4) is 0 Å². The van der Waals surface area contributed by atoms with E-state index in [2.05, 4.69) is 5.32 Å². The van der Waals surface area contributed by atoms with Crippen LogP contribution in [0.5, 0.6) is 0 Å². The number of hydrogen-bond acceptors (Lipinski definition) is 3. The highest BCUT2D eigenvalue weighted by Gasteiger charge is 2.02. The SMILES string of the molecule is O=[N+]([O-])c1ccc(NCCF)cc1. The van der Waals surface area contributed by atoms with Crippen molar-refractivity contribution in [1.29, 1.82) is 0 Å². The van der Waals surface area contributed by atoms with Gasteiger partial charge in [-0.25, -0.2) is 4.39 Å². The molecular weight excluding hydrogens is 175 g/mol. The molecule has 0 atom stereocenters. The first kappa shape index (κ1) is 9.44. The van der Waals surface area contributed by atoms with Crippen LogP contribution in [-0.2, 0) is 0 Å². The van der Waals surface area contributed by atoms with Crippen molar-refractivity contribution in [2.24, 2.45) is 0 Å². The van der Waals surface area contributed by atoms with Crippen molar-refractivity contribution in [3.05, 3.63) is 34.4 Å². The molecule has 1 N–H and O–H groups in total. The number of hydrogen-bond donors (Lipinski definition) is 1. The van der Waals surface area contributed by atoms with Gasteiger partial charge in [-0.2, -0.15) is 0 Å². The van der Waals surface area contributed by atoms with E-state index in [-0.39, 0.29) is 12.2 Å². The third kappa shape index (κ3) is 2.70. The number of benzene rings is 1. The fraction of sp³-hybridized carbons (Fsp3) is 0.250. The van der Waals surface area contributed by atoms with Gasteiger partial charge in [0.15, 0.2) is 0 Å². The van der Waals surface area contributed by atoms with Gasteiger partial charge < -0.3 is 5.32 Å². The monoisotopic (exact) mass is 184 g/mol. The van der Waals surface area contributed by atoms with Crippen LogP contribution >= 0.6 is 0 Å². The zero-order chi connectivity index (χ0) is 9.68. The van der Waals surface area contributed by atoms with Crippen molar-refractivity contribution < 1.29 is 9.31 Å². The summed E-state index contributed by atoms with van der Waals surface area (Å²) >= 11 is 0. The largest absolute Gasteiger partial charge is 0.382 e. The van der Waals surface area contributed by atoms with Crippen LogP contribution in [0.2, 0.25) is 0 Å².